The fraction of sp³-hybridized carbons (Fsp3) is 0.238. The zero-order valence-electron chi connectivity index (χ0n) is 14.1. The third kappa shape index (κ3) is 1.66. The molecule has 24 heavy (non-hydrogen) atoms. The normalized spacial score (nSPS) is 22.0. The Kier molecular flexibility index (Phi) is 2.73. The molecule has 118 valence electrons. The molecule has 2 nitrogen and oxygen atoms in total. The average molecular weight is 313 g/mol. The van der Waals surface area contributed by atoms with Crippen molar-refractivity contribution in [2.45, 2.75) is 25.3 Å². The van der Waals surface area contributed by atoms with Crippen molar-refractivity contribution in [3.8, 4) is 11.1 Å². The maximum absolute atomic E-state index is 5.92. The summed E-state index contributed by atoms with van der Waals surface area (Å²) in [5, 5.41) is 0. The third-order valence-corrected chi connectivity index (χ3v) is 5.79. The molecule has 1 unspecified atom stereocenters. The lowest BCUT2D eigenvalue weighted by Crippen LogP contribution is -2.40. The molecular formula is C21H20BNO. The SMILES string of the molecule is C=CC1COB2C=Cc3cc4c(cc3N21)C(C)(C)c1ccccc1-4. The summed E-state index contributed by atoms with van der Waals surface area (Å²) in [6.45, 7) is 9.35. The van der Waals surface area contributed by atoms with Crippen LogP contribution in [0.1, 0.15) is 30.5 Å². The molecule has 0 bridgehead atoms. The molecule has 2 heterocycles. The van der Waals surface area contributed by atoms with E-state index in [2.05, 4.69) is 73.7 Å². The minimum absolute atomic E-state index is 0.0296. The molecule has 2 aliphatic heterocycles. The first kappa shape index (κ1) is 14.1. The Bertz CT molecular complexity index is 899. The minimum Gasteiger partial charge on any atom is -0.411 e. The van der Waals surface area contributed by atoms with Gasteiger partial charge in [-0.1, -0.05) is 56.2 Å². The summed E-state index contributed by atoms with van der Waals surface area (Å²) in [5.74, 6) is 2.16. The standard InChI is InChI=1S/C21H20BNO/c1-4-15-13-24-22-10-9-14-11-17-16-7-5-6-8-18(16)21(2,3)19(17)12-20(14)23(15)22/h4-12,15H,1,13H2,2-3H3. The van der Waals surface area contributed by atoms with Crippen molar-refractivity contribution in [3.05, 3.63) is 71.7 Å². The highest BCUT2D eigenvalue weighted by Crippen LogP contribution is 2.51. The van der Waals surface area contributed by atoms with E-state index in [0.29, 0.717) is 6.61 Å². The van der Waals surface area contributed by atoms with Gasteiger partial charge in [-0.2, -0.15) is 0 Å². The van der Waals surface area contributed by atoms with Gasteiger partial charge in [0.25, 0.3) is 0 Å². The lowest BCUT2D eigenvalue weighted by molar-refractivity contribution is 0.360. The van der Waals surface area contributed by atoms with Crippen molar-refractivity contribution in [3.63, 3.8) is 0 Å². The molecule has 0 N–H and O–H groups in total. The Balaban J connectivity index is 1.75. The molecule has 2 aromatic carbocycles. The molecule has 0 saturated carbocycles. The largest absolute Gasteiger partial charge is 0.444 e. The molecule has 1 fully saturated rings. The smallest absolute Gasteiger partial charge is 0.411 e. The van der Waals surface area contributed by atoms with E-state index in [4.69, 9.17) is 4.65 Å². The van der Waals surface area contributed by atoms with Gasteiger partial charge in [0, 0.05) is 11.1 Å². The molecule has 1 atom stereocenters. The van der Waals surface area contributed by atoms with Crippen LogP contribution in [0.4, 0.5) is 5.69 Å². The highest BCUT2D eigenvalue weighted by atomic mass is 16.5. The first-order chi connectivity index (χ1) is 11.6. The first-order valence-corrected chi connectivity index (χ1v) is 8.60. The number of nitrogens with zero attached hydrogens (tertiary/aromatic N) is 1. The zero-order valence-corrected chi connectivity index (χ0v) is 14.1. The molecule has 0 aromatic heterocycles. The van der Waals surface area contributed by atoms with Crippen LogP contribution in [0.2, 0.25) is 0 Å². The van der Waals surface area contributed by atoms with E-state index in [9.17, 15) is 0 Å². The second-order valence-electron chi connectivity index (χ2n) is 7.42. The van der Waals surface area contributed by atoms with Crippen LogP contribution in [0, 0.1) is 0 Å². The monoisotopic (exact) mass is 313 g/mol. The minimum atomic E-state index is 0.0296. The van der Waals surface area contributed by atoms with Crippen molar-refractivity contribution in [1.29, 1.82) is 0 Å². The number of benzene rings is 2. The average Bonchev–Trinajstić information content (AvgIpc) is 3.12. The summed E-state index contributed by atoms with van der Waals surface area (Å²) in [6.07, 6.45) is 4.20. The van der Waals surface area contributed by atoms with Gasteiger partial charge in [0.1, 0.15) is 0 Å². The summed E-state index contributed by atoms with van der Waals surface area (Å²) >= 11 is 0. The first-order valence-electron chi connectivity index (χ1n) is 8.60. The predicted molar refractivity (Wildman–Crippen MR) is 101 cm³/mol. The van der Waals surface area contributed by atoms with E-state index in [1.807, 2.05) is 6.08 Å². The Morgan fingerprint density at radius 2 is 2.04 bits per heavy atom. The Morgan fingerprint density at radius 1 is 1.21 bits per heavy atom. The number of hydrogen-bond acceptors (Lipinski definition) is 2. The summed E-state index contributed by atoms with van der Waals surface area (Å²) in [5.41, 5.74) is 8.13. The molecule has 1 saturated heterocycles. The van der Waals surface area contributed by atoms with Crippen LogP contribution in [0.25, 0.3) is 17.2 Å². The van der Waals surface area contributed by atoms with Crippen LogP contribution < -0.4 is 4.81 Å². The lowest BCUT2D eigenvalue weighted by atomic mass is 9.74. The number of hydrogen-bond donors (Lipinski definition) is 0. The van der Waals surface area contributed by atoms with Gasteiger partial charge in [-0.15, -0.1) is 6.58 Å². The van der Waals surface area contributed by atoms with Gasteiger partial charge in [0.2, 0.25) is 0 Å². The number of fused-ring (bicyclic) bond motifs is 6. The summed E-state index contributed by atoms with van der Waals surface area (Å²) in [6, 6.07) is 13.8. The summed E-state index contributed by atoms with van der Waals surface area (Å²) in [7, 11) is 0.0328. The quantitative estimate of drug-likeness (QED) is 0.570. The van der Waals surface area contributed by atoms with Gasteiger partial charge in [0.05, 0.1) is 12.6 Å². The summed E-state index contributed by atoms with van der Waals surface area (Å²) < 4.78 is 5.92. The Labute approximate surface area is 143 Å². The van der Waals surface area contributed by atoms with E-state index in [-0.39, 0.29) is 18.5 Å². The molecular weight excluding hydrogens is 293 g/mol. The van der Waals surface area contributed by atoms with Crippen LogP contribution in [0.15, 0.2) is 55.0 Å². The zero-order chi connectivity index (χ0) is 16.5. The Hall–Kier alpha value is -2.26. The molecule has 3 aliphatic rings. The van der Waals surface area contributed by atoms with Gasteiger partial charge in [0.15, 0.2) is 0 Å². The van der Waals surface area contributed by atoms with Crippen molar-refractivity contribution < 1.29 is 4.65 Å². The molecule has 2 aromatic rings. The second kappa shape index (κ2) is 4.64. The number of anilines is 1. The van der Waals surface area contributed by atoms with Crippen molar-refractivity contribution >= 4 is 18.8 Å². The Morgan fingerprint density at radius 3 is 2.88 bits per heavy atom. The van der Waals surface area contributed by atoms with Crippen molar-refractivity contribution in [1.82, 2.24) is 0 Å². The third-order valence-electron chi connectivity index (χ3n) is 5.79. The van der Waals surface area contributed by atoms with Crippen LogP contribution in [0.5, 0.6) is 0 Å². The molecule has 1 aliphatic carbocycles. The van der Waals surface area contributed by atoms with E-state index in [0.717, 1.165) is 0 Å². The van der Waals surface area contributed by atoms with Gasteiger partial charge in [-0.3, -0.25) is 0 Å². The fourth-order valence-electron chi connectivity index (χ4n) is 4.49. The molecule has 0 amide bonds. The molecule has 0 radical (unpaired) electrons. The number of rotatable bonds is 1. The summed E-state index contributed by atoms with van der Waals surface area (Å²) in [4.78, 5) is 2.36. The highest BCUT2D eigenvalue weighted by Gasteiger charge is 2.41. The van der Waals surface area contributed by atoms with Crippen LogP contribution >= 0.6 is 0 Å². The molecule has 3 heteroatoms. The van der Waals surface area contributed by atoms with Gasteiger partial charge in [-0.05, 0) is 39.9 Å². The second-order valence-corrected chi connectivity index (χ2v) is 7.42. The molecule has 5 rings (SSSR count). The fourth-order valence-corrected chi connectivity index (χ4v) is 4.49. The van der Waals surface area contributed by atoms with Gasteiger partial charge < -0.3 is 9.47 Å². The van der Waals surface area contributed by atoms with E-state index in [1.54, 1.807) is 0 Å². The maximum Gasteiger partial charge on any atom is 0.444 e. The highest BCUT2D eigenvalue weighted by molar-refractivity contribution is 6.64. The van der Waals surface area contributed by atoms with Crippen LogP contribution in [-0.2, 0) is 10.1 Å². The van der Waals surface area contributed by atoms with E-state index in [1.165, 1.54) is 33.5 Å². The van der Waals surface area contributed by atoms with Crippen LogP contribution in [-0.4, -0.2) is 19.7 Å². The van der Waals surface area contributed by atoms with E-state index >= 15 is 0 Å². The van der Waals surface area contributed by atoms with Crippen molar-refractivity contribution in [2.75, 3.05) is 11.4 Å². The van der Waals surface area contributed by atoms with Gasteiger partial charge in [-0.25, -0.2) is 0 Å². The lowest BCUT2D eigenvalue weighted by Gasteiger charge is -2.32. The molecule has 0 spiro atoms. The topological polar surface area (TPSA) is 12.5 Å². The maximum atomic E-state index is 5.92. The van der Waals surface area contributed by atoms with Crippen molar-refractivity contribution in [2.24, 2.45) is 0 Å². The van der Waals surface area contributed by atoms with Gasteiger partial charge >= 0.3 is 7.05 Å². The van der Waals surface area contributed by atoms with E-state index < -0.39 is 0 Å². The predicted octanol–water partition coefficient (Wildman–Crippen LogP) is 4.44. The van der Waals surface area contributed by atoms with Crippen LogP contribution in [0.3, 0.4) is 0 Å².